The summed E-state index contributed by atoms with van der Waals surface area (Å²) < 4.78 is 6.92. The smallest absolute Gasteiger partial charge is 0.342 e. The zero-order valence-electron chi connectivity index (χ0n) is 11.8. The van der Waals surface area contributed by atoms with Crippen LogP contribution in [0, 0.1) is 0 Å². The summed E-state index contributed by atoms with van der Waals surface area (Å²) in [7, 11) is 1.86. The minimum Gasteiger partial charge on any atom is -0.459 e. The largest absolute Gasteiger partial charge is 0.459 e. The second-order valence-electron chi connectivity index (χ2n) is 4.73. The summed E-state index contributed by atoms with van der Waals surface area (Å²) in [5.41, 5.74) is 1.45. The SMILES string of the molecule is CC(C)OC(=O)c1cccnc1NCc1cnn(C)c1. The van der Waals surface area contributed by atoms with Crippen molar-refractivity contribution in [2.75, 3.05) is 5.32 Å². The van der Waals surface area contributed by atoms with Crippen molar-refractivity contribution < 1.29 is 9.53 Å². The van der Waals surface area contributed by atoms with Gasteiger partial charge >= 0.3 is 5.97 Å². The zero-order chi connectivity index (χ0) is 14.5. The molecule has 2 aromatic rings. The minimum absolute atomic E-state index is 0.158. The molecule has 0 saturated heterocycles. The third-order valence-corrected chi connectivity index (χ3v) is 2.59. The van der Waals surface area contributed by atoms with Crippen LogP contribution < -0.4 is 5.32 Å². The van der Waals surface area contributed by atoms with Gasteiger partial charge in [-0.1, -0.05) is 0 Å². The standard InChI is InChI=1S/C14H18N4O2/c1-10(2)20-14(19)12-5-4-6-15-13(12)16-7-11-8-17-18(3)9-11/h4-6,8-10H,7H2,1-3H3,(H,15,16). The van der Waals surface area contributed by atoms with Gasteiger partial charge in [-0.05, 0) is 26.0 Å². The van der Waals surface area contributed by atoms with Gasteiger partial charge in [0.15, 0.2) is 0 Å². The first-order valence-electron chi connectivity index (χ1n) is 6.43. The molecule has 6 nitrogen and oxygen atoms in total. The van der Waals surface area contributed by atoms with Crippen LogP contribution in [-0.4, -0.2) is 26.8 Å². The molecule has 2 aromatic heterocycles. The van der Waals surface area contributed by atoms with E-state index in [9.17, 15) is 4.79 Å². The summed E-state index contributed by atoms with van der Waals surface area (Å²) in [4.78, 5) is 16.2. The van der Waals surface area contributed by atoms with Crippen LogP contribution >= 0.6 is 0 Å². The van der Waals surface area contributed by atoms with Crippen LogP contribution in [0.3, 0.4) is 0 Å². The molecule has 0 spiro atoms. The average Bonchev–Trinajstić information content (AvgIpc) is 2.82. The van der Waals surface area contributed by atoms with Crippen LogP contribution in [0.4, 0.5) is 5.82 Å². The van der Waals surface area contributed by atoms with Gasteiger partial charge in [-0.25, -0.2) is 9.78 Å². The van der Waals surface area contributed by atoms with Gasteiger partial charge in [0.05, 0.1) is 12.3 Å². The summed E-state index contributed by atoms with van der Waals surface area (Å²) in [6.07, 6.45) is 5.15. The molecule has 106 valence electrons. The van der Waals surface area contributed by atoms with E-state index in [0.29, 0.717) is 17.9 Å². The van der Waals surface area contributed by atoms with Gasteiger partial charge in [0.1, 0.15) is 11.4 Å². The lowest BCUT2D eigenvalue weighted by Crippen LogP contribution is -2.14. The Bertz CT molecular complexity index is 592. The molecule has 0 atom stereocenters. The Morgan fingerprint density at radius 1 is 1.50 bits per heavy atom. The van der Waals surface area contributed by atoms with Crippen molar-refractivity contribution in [3.05, 3.63) is 41.9 Å². The van der Waals surface area contributed by atoms with E-state index in [1.807, 2.05) is 27.1 Å². The van der Waals surface area contributed by atoms with Crippen molar-refractivity contribution in [1.29, 1.82) is 0 Å². The number of anilines is 1. The Balaban J connectivity index is 2.09. The lowest BCUT2D eigenvalue weighted by molar-refractivity contribution is 0.0378. The molecule has 0 radical (unpaired) electrons. The number of esters is 1. The molecule has 20 heavy (non-hydrogen) atoms. The predicted octanol–water partition coefficient (Wildman–Crippen LogP) is 1.99. The zero-order valence-corrected chi connectivity index (χ0v) is 11.8. The Hall–Kier alpha value is -2.37. The van der Waals surface area contributed by atoms with Crippen molar-refractivity contribution in [3.63, 3.8) is 0 Å². The number of hydrogen-bond donors (Lipinski definition) is 1. The summed E-state index contributed by atoms with van der Waals surface area (Å²) in [6.45, 7) is 4.18. The van der Waals surface area contributed by atoms with Gasteiger partial charge in [0, 0.05) is 31.5 Å². The van der Waals surface area contributed by atoms with E-state index in [1.54, 1.807) is 29.2 Å². The van der Waals surface area contributed by atoms with Gasteiger partial charge in [0.25, 0.3) is 0 Å². The molecule has 0 bridgehead atoms. The number of nitrogens with zero attached hydrogens (tertiary/aromatic N) is 3. The van der Waals surface area contributed by atoms with E-state index in [1.165, 1.54) is 0 Å². The van der Waals surface area contributed by atoms with E-state index in [0.717, 1.165) is 5.56 Å². The summed E-state index contributed by atoms with van der Waals surface area (Å²) in [5.74, 6) is 0.142. The van der Waals surface area contributed by atoms with Crippen LogP contribution in [0.1, 0.15) is 29.8 Å². The van der Waals surface area contributed by atoms with Crippen LogP contribution in [0.25, 0.3) is 0 Å². The highest BCUT2D eigenvalue weighted by molar-refractivity contribution is 5.94. The summed E-state index contributed by atoms with van der Waals surface area (Å²) in [6, 6.07) is 3.41. The molecule has 0 amide bonds. The molecule has 0 unspecified atom stereocenters. The van der Waals surface area contributed by atoms with Crippen molar-refractivity contribution in [2.45, 2.75) is 26.5 Å². The third-order valence-electron chi connectivity index (χ3n) is 2.59. The molecular weight excluding hydrogens is 256 g/mol. The molecule has 1 N–H and O–H groups in total. The Labute approximate surface area is 117 Å². The van der Waals surface area contributed by atoms with E-state index >= 15 is 0 Å². The molecule has 0 saturated carbocycles. The van der Waals surface area contributed by atoms with Gasteiger partial charge in [-0.2, -0.15) is 5.10 Å². The Morgan fingerprint density at radius 2 is 2.30 bits per heavy atom. The molecular formula is C14H18N4O2. The molecule has 0 aliphatic heterocycles. The first-order chi connectivity index (χ1) is 9.56. The second-order valence-corrected chi connectivity index (χ2v) is 4.73. The monoisotopic (exact) mass is 274 g/mol. The molecule has 6 heteroatoms. The van der Waals surface area contributed by atoms with Crippen molar-refractivity contribution >= 4 is 11.8 Å². The van der Waals surface area contributed by atoms with E-state index in [4.69, 9.17) is 4.74 Å². The fraction of sp³-hybridized carbons (Fsp3) is 0.357. The van der Waals surface area contributed by atoms with Crippen molar-refractivity contribution in [3.8, 4) is 0 Å². The quantitative estimate of drug-likeness (QED) is 0.844. The van der Waals surface area contributed by atoms with Gasteiger partial charge in [-0.15, -0.1) is 0 Å². The first kappa shape index (κ1) is 14.0. The van der Waals surface area contributed by atoms with E-state index < -0.39 is 0 Å². The van der Waals surface area contributed by atoms with Crippen LogP contribution in [0.2, 0.25) is 0 Å². The summed E-state index contributed by atoms with van der Waals surface area (Å²) >= 11 is 0. The molecule has 0 aromatic carbocycles. The molecule has 0 fully saturated rings. The lowest BCUT2D eigenvalue weighted by Gasteiger charge is -2.11. The van der Waals surface area contributed by atoms with Crippen LogP contribution in [-0.2, 0) is 18.3 Å². The maximum Gasteiger partial charge on any atom is 0.342 e. The maximum atomic E-state index is 12.0. The maximum absolute atomic E-state index is 12.0. The Kier molecular flexibility index (Phi) is 4.34. The molecule has 0 aliphatic rings. The number of aromatic nitrogens is 3. The minimum atomic E-state index is -0.373. The lowest BCUT2D eigenvalue weighted by atomic mass is 10.2. The second kappa shape index (κ2) is 6.18. The number of rotatable bonds is 5. The topological polar surface area (TPSA) is 69.0 Å². The number of carbonyl (C=O) groups is 1. The van der Waals surface area contributed by atoms with Gasteiger partial charge in [0.2, 0.25) is 0 Å². The fourth-order valence-corrected chi connectivity index (χ4v) is 1.74. The summed E-state index contributed by atoms with van der Waals surface area (Å²) in [5, 5.41) is 7.22. The predicted molar refractivity (Wildman–Crippen MR) is 75.3 cm³/mol. The number of ether oxygens (including phenoxy) is 1. The molecule has 0 aliphatic carbocycles. The van der Waals surface area contributed by atoms with Crippen LogP contribution in [0.5, 0.6) is 0 Å². The molecule has 2 heterocycles. The fourth-order valence-electron chi connectivity index (χ4n) is 1.74. The number of hydrogen-bond acceptors (Lipinski definition) is 5. The Morgan fingerprint density at radius 3 is 2.95 bits per heavy atom. The van der Waals surface area contributed by atoms with Gasteiger partial charge in [-0.3, -0.25) is 4.68 Å². The average molecular weight is 274 g/mol. The first-order valence-corrected chi connectivity index (χ1v) is 6.43. The third kappa shape index (κ3) is 3.57. The molecule has 2 rings (SSSR count). The van der Waals surface area contributed by atoms with E-state index in [2.05, 4.69) is 15.4 Å². The van der Waals surface area contributed by atoms with Gasteiger partial charge < -0.3 is 10.1 Å². The number of pyridine rings is 1. The van der Waals surface area contributed by atoms with E-state index in [-0.39, 0.29) is 12.1 Å². The highest BCUT2D eigenvalue weighted by Gasteiger charge is 2.14. The van der Waals surface area contributed by atoms with Crippen molar-refractivity contribution in [2.24, 2.45) is 7.05 Å². The van der Waals surface area contributed by atoms with Crippen molar-refractivity contribution in [1.82, 2.24) is 14.8 Å². The highest BCUT2D eigenvalue weighted by atomic mass is 16.5. The highest BCUT2D eigenvalue weighted by Crippen LogP contribution is 2.15. The number of carbonyl (C=O) groups excluding carboxylic acids is 1. The van der Waals surface area contributed by atoms with Crippen LogP contribution in [0.15, 0.2) is 30.7 Å². The number of aryl methyl sites for hydroxylation is 1. The number of nitrogens with one attached hydrogen (secondary N) is 1. The normalized spacial score (nSPS) is 10.6.